The number of likely N-dealkylation sites (tertiary alicyclic amines) is 1. The molecule has 1 aromatic rings. The standard InChI is InChI=1S/C13H19N3O/c1-14-10-13(11-3-6-15-7-4-11)5-8-16(2)12(17)9-13/h3-4,6-7,14H,5,8-10H2,1-2H3. The molecule has 1 amide bonds. The molecule has 1 atom stereocenters. The largest absolute Gasteiger partial charge is 0.346 e. The van der Waals surface area contributed by atoms with E-state index in [0.29, 0.717) is 6.42 Å². The van der Waals surface area contributed by atoms with Gasteiger partial charge in [0.2, 0.25) is 5.91 Å². The Labute approximate surface area is 102 Å². The van der Waals surface area contributed by atoms with Crippen LogP contribution in [0.2, 0.25) is 0 Å². The van der Waals surface area contributed by atoms with Crippen molar-refractivity contribution < 1.29 is 4.79 Å². The number of nitrogens with zero attached hydrogens (tertiary/aromatic N) is 2. The van der Waals surface area contributed by atoms with Gasteiger partial charge in [-0.2, -0.15) is 0 Å². The quantitative estimate of drug-likeness (QED) is 0.839. The third-order valence-corrected chi connectivity index (χ3v) is 3.65. The lowest BCUT2D eigenvalue weighted by atomic mass is 9.72. The summed E-state index contributed by atoms with van der Waals surface area (Å²) in [6, 6.07) is 4.05. The van der Waals surface area contributed by atoms with Crippen LogP contribution in [0.25, 0.3) is 0 Å². The van der Waals surface area contributed by atoms with Gasteiger partial charge in [0.25, 0.3) is 0 Å². The van der Waals surface area contributed by atoms with Crippen molar-refractivity contribution in [3.63, 3.8) is 0 Å². The fourth-order valence-corrected chi connectivity index (χ4v) is 2.56. The molecular weight excluding hydrogens is 214 g/mol. The summed E-state index contributed by atoms with van der Waals surface area (Å²) in [4.78, 5) is 17.8. The fourth-order valence-electron chi connectivity index (χ4n) is 2.56. The minimum atomic E-state index is -0.0682. The van der Waals surface area contributed by atoms with E-state index in [9.17, 15) is 4.79 Å². The number of carbonyl (C=O) groups is 1. The number of nitrogens with one attached hydrogen (secondary N) is 1. The molecule has 1 aliphatic heterocycles. The number of hydrogen-bond donors (Lipinski definition) is 1. The first kappa shape index (κ1) is 12.0. The summed E-state index contributed by atoms with van der Waals surface area (Å²) in [7, 11) is 3.81. The van der Waals surface area contributed by atoms with Gasteiger partial charge in [0.15, 0.2) is 0 Å². The van der Waals surface area contributed by atoms with Gasteiger partial charge < -0.3 is 10.2 Å². The lowest BCUT2D eigenvalue weighted by molar-refractivity contribution is -0.134. The molecule has 2 heterocycles. The number of likely N-dealkylation sites (N-methyl/N-ethyl adjacent to an activating group) is 1. The normalized spacial score (nSPS) is 25.1. The third-order valence-electron chi connectivity index (χ3n) is 3.65. The molecule has 1 saturated heterocycles. The SMILES string of the molecule is CNCC1(c2ccncc2)CCN(C)C(=O)C1. The molecule has 4 heteroatoms. The van der Waals surface area contributed by atoms with Crippen molar-refractivity contribution in [3.05, 3.63) is 30.1 Å². The molecule has 4 nitrogen and oxygen atoms in total. The highest BCUT2D eigenvalue weighted by Crippen LogP contribution is 2.34. The number of pyridine rings is 1. The highest BCUT2D eigenvalue weighted by Gasteiger charge is 2.38. The van der Waals surface area contributed by atoms with Gasteiger partial charge >= 0.3 is 0 Å². The van der Waals surface area contributed by atoms with Gasteiger partial charge in [0, 0.05) is 44.4 Å². The molecule has 1 unspecified atom stereocenters. The average Bonchev–Trinajstić information content (AvgIpc) is 2.35. The summed E-state index contributed by atoms with van der Waals surface area (Å²) in [6.45, 7) is 1.65. The smallest absolute Gasteiger partial charge is 0.223 e. The molecule has 0 aliphatic carbocycles. The Morgan fingerprint density at radius 1 is 1.47 bits per heavy atom. The van der Waals surface area contributed by atoms with Crippen LogP contribution >= 0.6 is 0 Å². The van der Waals surface area contributed by atoms with Crippen LogP contribution < -0.4 is 5.32 Å². The van der Waals surface area contributed by atoms with Crippen molar-refractivity contribution in [2.75, 3.05) is 27.2 Å². The predicted octanol–water partition coefficient (Wildman–Crippen LogP) is 0.791. The van der Waals surface area contributed by atoms with Gasteiger partial charge in [0.05, 0.1) is 0 Å². The van der Waals surface area contributed by atoms with Gasteiger partial charge in [-0.1, -0.05) is 0 Å². The molecule has 0 aromatic carbocycles. The van der Waals surface area contributed by atoms with Crippen LogP contribution in [0, 0.1) is 0 Å². The van der Waals surface area contributed by atoms with Crippen LogP contribution in [0.15, 0.2) is 24.5 Å². The highest BCUT2D eigenvalue weighted by molar-refractivity contribution is 5.78. The summed E-state index contributed by atoms with van der Waals surface area (Å²) >= 11 is 0. The maximum atomic E-state index is 11.9. The van der Waals surface area contributed by atoms with Gasteiger partial charge in [0.1, 0.15) is 0 Å². The Morgan fingerprint density at radius 3 is 2.76 bits per heavy atom. The van der Waals surface area contributed by atoms with E-state index in [1.807, 2.05) is 31.1 Å². The molecule has 92 valence electrons. The van der Waals surface area contributed by atoms with Crippen molar-refractivity contribution in [1.29, 1.82) is 0 Å². The van der Waals surface area contributed by atoms with E-state index in [4.69, 9.17) is 0 Å². The first-order valence-electron chi connectivity index (χ1n) is 5.97. The van der Waals surface area contributed by atoms with Crippen LogP contribution in [-0.2, 0) is 10.2 Å². The molecule has 0 bridgehead atoms. The molecule has 1 fully saturated rings. The highest BCUT2D eigenvalue weighted by atomic mass is 16.2. The van der Waals surface area contributed by atoms with E-state index in [2.05, 4.69) is 10.3 Å². The molecule has 1 aliphatic rings. The topological polar surface area (TPSA) is 45.2 Å². The number of rotatable bonds is 3. The fraction of sp³-hybridized carbons (Fsp3) is 0.538. The molecule has 2 rings (SSSR count). The zero-order chi connectivity index (χ0) is 12.3. The lowest BCUT2D eigenvalue weighted by Gasteiger charge is -2.40. The van der Waals surface area contributed by atoms with Gasteiger partial charge in [-0.05, 0) is 31.2 Å². The third kappa shape index (κ3) is 2.31. The first-order chi connectivity index (χ1) is 8.18. The van der Waals surface area contributed by atoms with Crippen molar-refractivity contribution in [3.8, 4) is 0 Å². The number of amides is 1. The van der Waals surface area contributed by atoms with Crippen molar-refractivity contribution in [2.45, 2.75) is 18.3 Å². The second kappa shape index (κ2) is 4.84. The van der Waals surface area contributed by atoms with Crippen molar-refractivity contribution in [2.24, 2.45) is 0 Å². The second-order valence-corrected chi connectivity index (χ2v) is 4.79. The van der Waals surface area contributed by atoms with Gasteiger partial charge in [-0.3, -0.25) is 9.78 Å². The molecular formula is C13H19N3O. The van der Waals surface area contributed by atoms with Gasteiger partial charge in [-0.25, -0.2) is 0 Å². The van der Waals surface area contributed by atoms with Crippen molar-refractivity contribution in [1.82, 2.24) is 15.2 Å². The van der Waals surface area contributed by atoms with Crippen LogP contribution in [0.3, 0.4) is 0 Å². The predicted molar refractivity (Wildman–Crippen MR) is 66.7 cm³/mol. The maximum Gasteiger partial charge on any atom is 0.223 e. The van der Waals surface area contributed by atoms with Crippen LogP contribution in [0.5, 0.6) is 0 Å². The Balaban J connectivity index is 2.30. The monoisotopic (exact) mass is 233 g/mol. The molecule has 1 aromatic heterocycles. The van der Waals surface area contributed by atoms with Crippen LogP contribution in [0.1, 0.15) is 18.4 Å². The number of carbonyl (C=O) groups excluding carboxylic acids is 1. The maximum absolute atomic E-state index is 11.9. The Hall–Kier alpha value is -1.42. The molecule has 0 radical (unpaired) electrons. The van der Waals surface area contributed by atoms with E-state index in [-0.39, 0.29) is 11.3 Å². The van der Waals surface area contributed by atoms with Crippen molar-refractivity contribution >= 4 is 5.91 Å². The van der Waals surface area contributed by atoms with Crippen LogP contribution in [0.4, 0.5) is 0 Å². The van der Waals surface area contributed by atoms with Gasteiger partial charge in [-0.15, -0.1) is 0 Å². The van der Waals surface area contributed by atoms with E-state index in [1.165, 1.54) is 5.56 Å². The van der Waals surface area contributed by atoms with E-state index >= 15 is 0 Å². The summed E-state index contributed by atoms with van der Waals surface area (Å²) < 4.78 is 0. The summed E-state index contributed by atoms with van der Waals surface area (Å²) in [5, 5.41) is 3.22. The lowest BCUT2D eigenvalue weighted by Crippen LogP contribution is -2.49. The Bertz CT molecular complexity index is 393. The molecule has 1 N–H and O–H groups in total. The van der Waals surface area contributed by atoms with E-state index < -0.39 is 0 Å². The summed E-state index contributed by atoms with van der Waals surface area (Å²) in [5.74, 6) is 0.225. The van der Waals surface area contributed by atoms with E-state index in [1.54, 1.807) is 12.4 Å². The minimum absolute atomic E-state index is 0.0682. The minimum Gasteiger partial charge on any atom is -0.346 e. The zero-order valence-corrected chi connectivity index (χ0v) is 10.4. The summed E-state index contributed by atoms with van der Waals surface area (Å²) in [6.07, 6.45) is 5.18. The van der Waals surface area contributed by atoms with Crippen LogP contribution in [-0.4, -0.2) is 43.0 Å². The number of hydrogen-bond acceptors (Lipinski definition) is 3. The molecule has 0 saturated carbocycles. The summed E-state index contributed by atoms with van der Waals surface area (Å²) in [5.41, 5.74) is 1.14. The molecule has 0 spiro atoms. The Kier molecular flexibility index (Phi) is 3.43. The zero-order valence-electron chi connectivity index (χ0n) is 10.4. The second-order valence-electron chi connectivity index (χ2n) is 4.79. The molecule has 17 heavy (non-hydrogen) atoms. The average molecular weight is 233 g/mol. The number of aromatic nitrogens is 1. The number of piperidine rings is 1. The Morgan fingerprint density at radius 2 is 2.18 bits per heavy atom. The van der Waals surface area contributed by atoms with E-state index in [0.717, 1.165) is 19.5 Å². The first-order valence-corrected chi connectivity index (χ1v) is 5.97.